The fourth-order valence-electron chi connectivity index (χ4n) is 1.12. The lowest BCUT2D eigenvalue weighted by Crippen LogP contribution is -2.05. The number of benzene rings is 1. The Balaban J connectivity index is 2.47. The molecule has 0 unspecified atom stereocenters. The average molecular weight is 195 g/mol. The van der Waals surface area contributed by atoms with Crippen molar-refractivity contribution < 1.29 is 9.84 Å². The third kappa shape index (κ3) is 3.36. The van der Waals surface area contributed by atoms with E-state index in [4.69, 9.17) is 15.6 Å². The molecule has 0 saturated heterocycles. The van der Waals surface area contributed by atoms with Gasteiger partial charge in [-0.3, -0.25) is 0 Å². The summed E-state index contributed by atoms with van der Waals surface area (Å²) in [6, 6.07) is 7.77. The molecule has 3 nitrogen and oxygen atoms in total. The number of rotatable bonds is 5. The summed E-state index contributed by atoms with van der Waals surface area (Å²) in [5, 5.41) is 8.56. The maximum absolute atomic E-state index is 8.56. The molecule has 3 N–H and O–H groups in total. The maximum atomic E-state index is 8.56. The predicted molar refractivity (Wildman–Crippen MR) is 56.2 cm³/mol. The molecule has 14 heavy (non-hydrogen) atoms. The highest BCUT2D eigenvalue weighted by Crippen LogP contribution is 2.15. The van der Waals surface area contributed by atoms with E-state index in [9.17, 15) is 0 Å². The Labute approximate surface area is 84.5 Å². The lowest BCUT2D eigenvalue weighted by Gasteiger charge is -2.08. The van der Waals surface area contributed by atoms with E-state index in [1.165, 1.54) is 0 Å². The van der Waals surface area contributed by atoms with E-state index < -0.39 is 0 Å². The molecule has 0 radical (unpaired) electrons. The predicted octanol–water partition coefficient (Wildman–Crippen LogP) is 1.47. The maximum Gasteiger partial charge on any atom is 0.119 e. The first-order valence-electron chi connectivity index (χ1n) is 4.83. The zero-order valence-corrected chi connectivity index (χ0v) is 8.44. The van der Waals surface area contributed by atoms with E-state index in [-0.39, 0.29) is 12.6 Å². The fraction of sp³-hybridized carbons (Fsp3) is 0.455. The van der Waals surface area contributed by atoms with Gasteiger partial charge in [-0.25, -0.2) is 0 Å². The first-order valence-corrected chi connectivity index (χ1v) is 4.83. The second-order valence-corrected chi connectivity index (χ2v) is 3.28. The van der Waals surface area contributed by atoms with Crippen LogP contribution < -0.4 is 10.5 Å². The molecule has 0 aromatic heterocycles. The zero-order valence-electron chi connectivity index (χ0n) is 8.44. The van der Waals surface area contributed by atoms with Crippen molar-refractivity contribution in [3.63, 3.8) is 0 Å². The smallest absolute Gasteiger partial charge is 0.119 e. The van der Waals surface area contributed by atoms with Crippen LogP contribution in [0, 0.1) is 0 Å². The van der Waals surface area contributed by atoms with Gasteiger partial charge in [0.15, 0.2) is 0 Å². The first kappa shape index (κ1) is 11.0. The quantitative estimate of drug-likeness (QED) is 0.699. The molecule has 0 amide bonds. The van der Waals surface area contributed by atoms with Crippen molar-refractivity contribution in [2.45, 2.75) is 19.4 Å². The molecule has 0 aliphatic heterocycles. The summed E-state index contributed by atoms with van der Waals surface area (Å²) < 4.78 is 5.38. The summed E-state index contributed by atoms with van der Waals surface area (Å²) in [6.07, 6.45) is 0.662. The van der Waals surface area contributed by atoms with Crippen LogP contribution >= 0.6 is 0 Å². The van der Waals surface area contributed by atoms with Crippen LogP contribution in [0.15, 0.2) is 24.3 Å². The van der Waals surface area contributed by atoms with Gasteiger partial charge in [-0.1, -0.05) is 12.1 Å². The third-order valence-corrected chi connectivity index (χ3v) is 1.98. The first-order chi connectivity index (χ1) is 6.74. The van der Waals surface area contributed by atoms with Crippen LogP contribution in [-0.4, -0.2) is 18.3 Å². The van der Waals surface area contributed by atoms with Crippen LogP contribution in [0.5, 0.6) is 5.75 Å². The summed E-state index contributed by atoms with van der Waals surface area (Å²) in [7, 11) is 0. The second-order valence-electron chi connectivity index (χ2n) is 3.28. The fourth-order valence-corrected chi connectivity index (χ4v) is 1.12. The van der Waals surface area contributed by atoms with E-state index in [0.29, 0.717) is 13.0 Å². The topological polar surface area (TPSA) is 55.5 Å². The highest BCUT2D eigenvalue weighted by atomic mass is 16.5. The Morgan fingerprint density at radius 2 is 2.00 bits per heavy atom. The SMILES string of the molecule is C[C@@H](N)c1ccc(OCCCO)cc1. The molecule has 3 heteroatoms. The lowest BCUT2D eigenvalue weighted by molar-refractivity contribution is 0.233. The number of aliphatic hydroxyl groups is 1. The zero-order chi connectivity index (χ0) is 10.4. The Morgan fingerprint density at radius 3 is 2.50 bits per heavy atom. The average Bonchev–Trinajstić information content (AvgIpc) is 2.19. The van der Waals surface area contributed by atoms with Crippen LogP contribution in [0.25, 0.3) is 0 Å². The van der Waals surface area contributed by atoms with Gasteiger partial charge in [-0.05, 0) is 24.6 Å². The van der Waals surface area contributed by atoms with Gasteiger partial charge in [0.1, 0.15) is 5.75 Å². The normalized spacial score (nSPS) is 12.5. The Kier molecular flexibility index (Phi) is 4.43. The van der Waals surface area contributed by atoms with Crippen molar-refractivity contribution in [2.75, 3.05) is 13.2 Å². The molecule has 1 rings (SSSR count). The molecule has 0 heterocycles. The van der Waals surface area contributed by atoms with Crippen LogP contribution in [-0.2, 0) is 0 Å². The van der Waals surface area contributed by atoms with Crippen LogP contribution in [0.4, 0.5) is 0 Å². The van der Waals surface area contributed by atoms with Gasteiger partial charge in [0.2, 0.25) is 0 Å². The van der Waals surface area contributed by atoms with Gasteiger partial charge in [0.25, 0.3) is 0 Å². The standard InChI is InChI=1S/C11H17NO2/c1-9(12)10-3-5-11(6-4-10)14-8-2-7-13/h3-6,9,13H,2,7-8,12H2,1H3/t9-/m1/s1. The Bertz CT molecular complexity index is 256. The molecule has 78 valence electrons. The van der Waals surface area contributed by atoms with Crippen molar-refractivity contribution in [1.29, 1.82) is 0 Å². The van der Waals surface area contributed by atoms with Gasteiger partial charge in [0, 0.05) is 19.1 Å². The number of nitrogens with two attached hydrogens (primary N) is 1. The third-order valence-electron chi connectivity index (χ3n) is 1.98. The van der Waals surface area contributed by atoms with Gasteiger partial charge < -0.3 is 15.6 Å². The van der Waals surface area contributed by atoms with Crippen molar-refractivity contribution in [3.8, 4) is 5.75 Å². The van der Waals surface area contributed by atoms with Gasteiger partial charge in [-0.2, -0.15) is 0 Å². The van der Waals surface area contributed by atoms with E-state index in [0.717, 1.165) is 11.3 Å². The molecule has 0 aliphatic rings. The number of hydrogen-bond donors (Lipinski definition) is 2. The minimum atomic E-state index is 0.0569. The van der Waals surface area contributed by atoms with E-state index in [2.05, 4.69) is 0 Å². The monoisotopic (exact) mass is 195 g/mol. The van der Waals surface area contributed by atoms with Gasteiger partial charge >= 0.3 is 0 Å². The minimum absolute atomic E-state index is 0.0569. The molecule has 0 saturated carbocycles. The molecular formula is C11H17NO2. The molecule has 0 spiro atoms. The largest absolute Gasteiger partial charge is 0.494 e. The molecule has 0 fully saturated rings. The highest BCUT2D eigenvalue weighted by Gasteiger charge is 1.99. The molecule has 0 aliphatic carbocycles. The van der Waals surface area contributed by atoms with Crippen molar-refractivity contribution in [2.24, 2.45) is 5.73 Å². The minimum Gasteiger partial charge on any atom is -0.494 e. The van der Waals surface area contributed by atoms with E-state index in [1.807, 2.05) is 31.2 Å². The molecule has 1 aromatic rings. The van der Waals surface area contributed by atoms with E-state index >= 15 is 0 Å². The van der Waals surface area contributed by atoms with Crippen molar-refractivity contribution >= 4 is 0 Å². The molecule has 0 bridgehead atoms. The van der Waals surface area contributed by atoms with Crippen LogP contribution in [0.2, 0.25) is 0 Å². The molecule has 1 atom stereocenters. The van der Waals surface area contributed by atoms with E-state index in [1.54, 1.807) is 0 Å². The van der Waals surface area contributed by atoms with Gasteiger partial charge in [0.05, 0.1) is 6.61 Å². The summed E-state index contributed by atoms with van der Waals surface area (Å²) in [6.45, 7) is 2.66. The van der Waals surface area contributed by atoms with Crippen LogP contribution in [0.1, 0.15) is 24.9 Å². The second kappa shape index (κ2) is 5.62. The summed E-state index contributed by atoms with van der Waals surface area (Å²) >= 11 is 0. The van der Waals surface area contributed by atoms with Gasteiger partial charge in [-0.15, -0.1) is 0 Å². The summed E-state index contributed by atoms with van der Waals surface area (Å²) in [5.74, 6) is 0.822. The molecule has 1 aromatic carbocycles. The van der Waals surface area contributed by atoms with Crippen molar-refractivity contribution in [3.05, 3.63) is 29.8 Å². The number of ether oxygens (including phenoxy) is 1. The lowest BCUT2D eigenvalue weighted by atomic mass is 10.1. The van der Waals surface area contributed by atoms with Crippen molar-refractivity contribution in [1.82, 2.24) is 0 Å². The molecular weight excluding hydrogens is 178 g/mol. The summed E-state index contributed by atoms with van der Waals surface area (Å²) in [5.41, 5.74) is 6.81. The Morgan fingerprint density at radius 1 is 1.36 bits per heavy atom. The highest BCUT2D eigenvalue weighted by molar-refractivity contribution is 5.28. The number of aliphatic hydroxyl groups excluding tert-OH is 1. The number of hydrogen-bond acceptors (Lipinski definition) is 3. The van der Waals surface area contributed by atoms with Crippen LogP contribution in [0.3, 0.4) is 0 Å². The summed E-state index contributed by atoms with van der Waals surface area (Å²) in [4.78, 5) is 0. The Hall–Kier alpha value is -1.06.